The number of nitrogens with one attached hydrogen (secondary N) is 1. The Kier molecular flexibility index (Phi) is 8.40. The van der Waals surface area contributed by atoms with Crippen molar-refractivity contribution in [2.24, 2.45) is 5.73 Å². The Morgan fingerprint density at radius 1 is 1.16 bits per heavy atom. The third kappa shape index (κ3) is 6.47. The number of carbonyl (C=O) groups excluding carboxylic acids is 1. The number of benzene rings is 1. The van der Waals surface area contributed by atoms with Gasteiger partial charge in [0.25, 0.3) is 6.08 Å². The number of halogens is 5. The Hall–Kier alpha value is -4.40. The van der Waals surface area contributed by atoms with Gasteiger partial charge < -0.3 is 16.2 Å². The summed E-state index contributed by atoms with van der Waals surface area (Å²) in [5.74, 6) is -2.44. The quantitative estimate of drug-likeness (QED) is 0.422. The number of aromatic nitrogens is 4. The van der Waals surface area contributed by atoms with Gasteiger partial charge in [-0.15, -0.1) is 0 Å². The molecule has 1 aliphatic heterocycles. The van der Waals surface area contributed by atoms with Gasteiger partial charge in [-0.25, -0.2) is 23.8 Å². The fraction of sp³-hybridized carbons (Fsp3) is 0.261. The SMILES string of the molecule is Cc1cc(-c2ccnc(-n3cnn(CC(CN)=C(F)F)c3=O)c2)cc2c1NC(=O)CC2.O=C(O)C(F)(F)F. The summed E-state index contributed by atoms with van der Waals surface area (Å²) in [6, 6.07) is 7.51. The molecule has 0 radical (unpaired) electrons. The van der Waals surface area contributed by atoms with E-state index in [1.807, 2.05) is 25.1 Å². The first-order valence-corrected chi connectivity index (χ1v) is 10.9. The highest BCUT2D eigenvalue weighted by atomic mass is 19.4. The van der Waals surface area contributed by atoms with Crippen molar-refractivity contribution in [3.63, 3.8) is 0 Å². The number of carboxylic acids is 1. The van der Waals surface area contributed by atoms with Crippen LogP contribution in [-0.4, -0.2) is 49.0 Å². The summed E-state index contributed by atoms with van der Waals surface area (Å²) in [6.07, 6.45) is -3.10. The summed E-state index contributed by atoms with van der Waals surface area (Å²) in [4.78, 5) is 37.5. The molecule has 0 fully saturated rings. The van der Waals surface area contributed by atoms with Gasteiger partial charge in [0.05, 0.1) is 6.54 Å². The number of fused-ring (bicyclic) bond motifs is 1. The molecule has 3 aromatic rings. The minimum Gasteiger partial charge on any atom is -0.475 e. The van der Waals surface area contributed by atoms with Crippen LogP contribution in [0.15, 0.2) is 53.2 Å². The number of nitrogens with two attached hydrogens (primary N) is 1. The Labute approximate surface area is 211 Å². The van der Waals surface area contributed by atoms with Crippen LogP contribution in [0.25, 0.3) is 16.9 Å². The monoisotopic (exact) mass is 540 g/mol. The highest BCUT2D eigenvalue weighted by Crippen LogP contribution is 2.32. The molecule has 0 atom stereocenters. The number of nitrogens with zero attached hydrogens (tertiary/aromatic N) is 4. The molecule has 202 valence electrons. The molecule has 0 saturated heterocycles. The molecule has 15 heteroatoms. The van der Waals surface area contributed by atoms with Crippen molar-refractivity contribution in [3.8, 4) is 16.9 Å². The average Bonchev–Trinajstić information content (AvgIpc) is 3.22. The van der Waals surface area contributed by atoms with Crippen LogP contribution >= 0.6 is 0 Å². The normalized spacial score (nSPS) is 12.7. The molecule has 0 saturated carbocycles. The van der Waals surface area contributed by atoms with Crippen LogP contribution in [0.5, 0.6) is 0 Å². The van der Waals surface area contributed by atoms with Gasteiger partial charge in [0, 0.05) is 30.4 Å². The molecule has 1 aromatic carbocycles. The van der Waals surface area contributed by atoms with Crippen molar-refractivity contribution in [3.05, 3.63) is 70.1 Å². The summed E-state index contributed by atoms with van der Waals surface area (Å²) in [5, 5.41) is 13.9. The first kappa shape index (κ1) is 28.2. The van der Waals surface area contributed by atoms with Crippen LogP contribution in [0, 0.1) is 6.92 Å². The van der Waals surface area contributed by atoms with Gasteiger partial charge in [-0.3, -0.25) is 4.79 Å². The molecule has 4 rings (SSSR count). The second-order valence-electron chi connectivity index (χ2n) is 8.09. The van der Waals surface area contributed by atoms with Gasteiger partial charge in [0.15, 0.2) is 0 Å². The van der Waals surface area contributed by atoms with Crippen molar-refractivity contribution in [2.45, 2.75) is 32.5 Å². The Morgan fingerprint density at radius 2 is 1.84 bits per heavy atom. The van der Waals surface area contributed by atoms with Crippen LogP contribution < -0.4 is 16.7 Å². The van der Waals surface area contributed by atoms with Crippen molar-refractivity contribution in [1.82, 2.24) is 19.3 Å². The largest absolute Gasteiger partial charge is 0.490 e. The maximum atomic E-state index is 12.9. The summed E-state index contributed by atoms with van der Waals surface area (Å²) in [7, 11) is 0. The zero-order chi connectivity index (χ0) is 28.2. The van der Waals surface area contributed by atoms with E-state index in [-0.39, 0.29) is 24.6 Å². The van der Waals surface area contributed by atoms with Crippen molar-refractivity contribution >= 4 is 17.6 Å². The van der Waals surface area contributed by atoms with Crippen LogP contribution in [0.3, 0.4) is 0 Å². The number of carbonyl (C=O) groups is 2. The Morgan fingerprint density at radius 3 is 2.45 bits per heavy atom. The molecular formula is C23H21F5N6O4. The third-order valence-corrected chi connectivity index (χ3v) is 5.46. The maximum absolute atomic E-state index is 12.9. The lowest BCUT2D eigenvalue weighted by Crippen LogP contribution is -2.26. The number of pyridine rings is 1. The Bertz CT molecular complexity index is 1460. The number of hydrogen-bond acceptors (Lipinski definition) is 6. The van der Waals surface area contributed by atoms with Gasteiger partial charge in [-0.05, 0) is 59.9 Å². The van der Waals surface area contributed by atoms with Gasteiger partial charge in [-0.1, -0.05) is 0 Å². The lowest BCUT2D eigenvalue weighted by molar-refractivity contribution is -0.192. The van der Waals surface area contributed by atoms with E-state index in [2.05, 4.69) is 15.4 Å². The topological polar surface area (TPSA) is 145 Å². The summed E-state index contributed by atoms with van der Waals surface area (Å²) in [6.45, 7) is 1.17. The number of aliphatic carboxylic acids is 1. The minimum atomic E-state index is -5.08. The Balaban J connectivity index is 0.000000505. The van der Waals surface area contributed by atoms with E-state index in [4.69, 9.17) is 15.6 Å². The predicted molar refractivity (Wildman–Crippen MR) is 125 cm³/mol. The highest BCUT2D eigenvalue weighted by molar-refractivity contribution is 5.95. The number of aryl methyl sites for hydroxylation is 2. The van der Waals surface area contributed by atoms with Gasteiger partial charge in [0.1, 0.15) is 12.1 Å². The average molecular weight is 540 g/mol. The molecule has 2 aromatic heterocycles. The molecule has 1 aliphatic rings. The predicted octanol–water partition coefficient (Wildman–Crippen LogP) is 3.03. The van der Waals surface area contributed by atoms with Crippen LogP contribution in [0.2, 0.25) is 0 Å². The molecular weight excluding hydrogens is 519 g/mol. The summed E-state index contributed by atoms with van der Waals surface area (Å²) in [5.41, 5.74) is 8.95. The molecule has 10 nitrogen and oxygen atoms in total. The standard InChI is InChI=1S/C21H20F2N6O2.C2HF3O2/c1-12-6-15(7-14-2-3-18(30)27-19(12)14)13-4-5-25-17(8-13)28-11-26-29(21(28)31)10-16(9-24)20(22)23;3-2(4,5)1(6)7/h4-8,11H,2-3,9-10,24H2,1H3,(H,27,30);(H,6,7). The number of rotatable bonds is 5. The first-order valence-electron chi connectivity index (χ1n) is 10.9. The number of amides is 1. The van der Waals surface area contributed by atoms with Crippen molar-refractivity contribution < 1.29 is 36.6 Å². The second-order valence-corrected chi connectivity index (χ2v) is 8.09. The van der Waals surface area contributed by atoms with Crippen LogP contribution in [0.1, 0.15) is 17.5 Å². The van der Waals surface area contributed by atoms with Crippen LogP contribution in [-0.2, 0) is 22.6 Å². The summed E-state index contributed by atoms with van der Waals surface area (Å²) < 4.78 is 59.6. The lowest BCUT2D eigenvalue weighted by Gasteiger charge is -2.20. The molecule has 1 amide bonds. The van der Waals surface area contributed by atoms with Crippen molar-refractivity contribution in [1.29, 1.82) is 0 Å². The molecule has 38 heavy (non-hydrogen) atoms. The molecule has 0 unspecified atom stereocenters. The highest BCUT2D eigenvalue weighted by Gasteiger charge is 2.38. The fourth-order valence-electron chi connectivity index (χ4n) is 3.57. The van der Waals surface area contributed by atoms with Gasteiger partial charge in [0.2, 0.25) is 5.91 Å². The van der Waals surface area contributed by atoms with E-state index >= 15 is 0 Å². The minimum absolute atomic E-state index is 0.00575. The van der Waals surface area contributed by atoms with E-state index in [9.17, 15) is 31.5 Å². The third-order valence-electron chi connectivity index (χ3n) is 5.46. The molecule has 0 bridgehead atoms. The number of alkyl halides is 3. The van der Waals surface area contributed by atoms with Crippen molar-refractivity contribution in [2.75, 3.05) is 11.9 Å². The zero-order valence-corrected chi connectivity index (χ0v) is 19.7. The van der Waals surface area contributed by atoms with Crippen LogP contribution in [0.4, 0.5) is 27.6 Å². The smallest absolute Gasteiger partial charge is 0.475 e. The van der Waals surface area contributed by atoms with E-state index in [1.54, 1.807) is 12.3 Å². The van der Waals surface area contributed by atoms with Gasteiger partial charge >= 0.3 is 17.8 Å². The van der Waals surface area contributed by atoms with Gasteiger partial charge in [-0.2, -0.15) is 27.1 Å². The van der Waals surface area contributed by atoms with E-state index in [1.165, 1.54) is 10.9 Å². The molecule has 3 heterocycles. The molecule has 4 N–H and O–H groups in total. The maximum Gasteiger partial charge on any atom is 0.490 e. The van der Waals surface area contributed by atoms with E-state index in [0.717, 1.165) is 32.6 Å². The zero-order valence-electron chi connectivity index (χ0n) is 19.7. The number of anilines is 1. The van der Waals surface area contributed by atoms with E-state index < -0.39 is 23.9 Å². The molecule has 0 aliphatic carbocycles. The summed E-state index contributed by atoms with van der Waals surface area (Å²) >= 11 is 0. The molecule has 0 spiro atoms. The number of carboxylic acid groups (broad SMARTS) is 1. The number of hydrogen-bond donors (Lipinski definition) is 3. The first-order chi connectivity index (χ1) is 17.8. The lowest BCUT2D eigenvalue weighted by atomic mass is 9.94. The van der Waals surface area contributed by atoms with E-state index in [0.29, 0.717) is 18.7 Å². The second kappa shape index (κ2) is 11.3. The fourth-order valence-corrected chi connectivity index (χ4v) is 3.57.